The van der Waals surface area contributed by atoms with E-state index in [1.54, 1.807) is 11.3 Å². The number of carbonyl (C=O) groups is 1. The summed E-state index contributed by atoms with van der Waals surface area (Å²) in [7, 11) is 1.43. The highest BCUT2D eigenvalue weighted by Gasteiger charge is 2.25. The van der Waals surface area contributed by atoms with Gasteiger partial charge in [0.05, 0.1) is 7.11 Å². The van der Waals surface area contributed by atoms with E-state index >= 15 is 0 Å². The summed E-state index contributed by atoms with van der Waals surface area (Å²) in [4.78, 5) is 12.8. The summed E-state index contributed by atoms with van der Waals surface area (Å²) in [5.74, 6) is -0.186. The fraction of sp³-hybridized carbons (Fsp3) is 0.615. The fourth-order valence-corrected chi connectivity index (χ4v) is 2.52. The molecule has 0 bridgehead atoms. The smallest absolute Gasteiger partial charge is 0.322 e. The van der Waals surface area contributed by atoms with Crippen molar-refractivity contribution in [3.8, 4) is 0 Å². The molecule has 1 atom stereocenters. The van der Waals surface area contributed by atoms with Crippen molar-refractivity contribution in [3.63, 3.8) is 0 Å². The van der Waals surface area contributed by atoms with Crippen LogP contribution in [0.1, 0.15) is 32.1 Å². The normalized spacial score (nSPS) is 13.4. The van der Waals surface area contributed by atoms with E-state index < -0.39 is 0 Å². The number of thiophene rings is 1. The molecule has 0 radical (unpaired) electrons. The van der Waals surface area contributed by atoms with Crippen LogP contribution in [0.15, 0.2) is 17.5 Å². The summed E-state index contributed by atoms with van der Waals surface area (Å²) in [5.41, 5.74) is 0.0373. The summed E-state index contributed by atoms with van der Waals surface area (Å²) in [6.07, 6.45) is 0.743. The molecular weight excluding hydrogens is 234 g/mol. The summed E-state index contributed by atoms with van der Waals surface area (Å²) >= 11 is 1.75. The number of ether oxygens (including phenoxy) is 1. The van der Waals surface area contributed by atoms with Gasteiger partial charge in [-0.05, 0) is 17.9 Å². The first-order valence-electron chi connectivity index (χ1n) is 5.86. The van der Waals surface area contributed by atoms with Gasteiger partial charge in [0.25, 0.3) is 0 Å². The molecule has 1 rings (SSSR count). The summed E-state index contributed by atoms with van der Waals surface area (Å²) in [5, 5.41) is 5.36. The Kier molecular flexibility index (Phi) is 5.15. The van der Waals surface area contributed by atoms with Gasteiger partial charge in [-0.25, -0.2) is 0 Å². The molecule has 1 aromatic rings. The molecule has 1 aromatic heterocycles. The monoisotopic (exact) mass is 255 g/mol. The van der Waals surface area contributed by atoms with Crippen molar-refractivity contribution in [2.45, 2.75) is 38.6 Å². The molecule has 17 heavy (non-hydrogen) atoms. The summed E-state index contributed by atoms with van der Waals surface area (Å²) in [6.45, 7) is 7.10. The molecule has 0 fully saturated rings. The molecule has 1 N–H and O–H groups in total. The Balaban J connectivity index is 2.57. The average molecular weight is 255 g/mol. The van der Waals surface area contributed by atoms with Gasteiger partial charge in [-0.1, -0.05) is 26.8 Å². The number of hydrogen-bond acceptors (Lipinski definition) is 4. The zero-order chi connectivity index (χ0) is 12.9. The van der Waals surface area contributed by atoms with E-state index in [0.29, 0.717) is 0 Å². The van der Waals surface area contributed by atoms with Crippen LogP contribution in [-0.2, 0) is 14.9 Å². The first-order chi connectivity index (χ1) is 8.01. The molecule has 96 valence electrons. The first-order valence-corrected chi connectivity index (χ1v) is 6.74. The van der Waals surface area contributed by atoms with Crippen molar-refractivity contribution in [3.05, 3.63) is 22.4 Å². The molecule has 1 heterocycles. The molecule has 4 heteroatoms. The summed E-state index contributed by atoms with van der Waals surface area (Å²) < 4.78 is 4.76. The van der Waals surface area contributed by atoms with Crippen molar-refractivity contribution in [1.29, 1.82) is 0 Å². The molecule has 3 nitrogen and oxygen atoms in total. The van der Waals surface area contributed by atoms with Crippen LogP contribution in [0.3, 0.4) is 0 Å². The third kappa shape index (κ3) is 3.82. The number of methoxy groups -OCH3 is 1. The zero-order valence-electron chi connectivity index (χ0n) is 10.9. The molecule has 0 aliphatic heterocycles. The lowest BCUT2D eigenvalue weighted by Gasteiger charge is -2.26. The molecule has 0 aliphatic carbocycles. The molecule has 0 aromatic carbocycles. The minimum atomic E-state index is -0.209. The Morgan fingerprint density at radius 3 is 2.76 bits per heavy atom. The van der Waals surface area contributed by atoms with Gasteiger partial charge in [0.15, 0.2) is 0 Å². The molecule has 0 aliphatic rings. The fourth-order valence-electron chi connectivity index (χ4n) is 1.67. The van der Waals surface area contributed by atoms with Crippen LogP contribution in [0.2, 0.25) is 0 Å². The minimum absolute atomic E-state index is 0.0373. The van der Waals surface area contributed by atoms with E-state index in [4.69, 9.17) is 4.74 Å². The average Bonchev–Trinajstić information content (AvgIpc) is 2.83. The van der Waals surface area contributed by atoms with Gasteiger partial charge in [-0.15, -0.1) is 11.3 Å². The molecule has 1 unspecified atom stereocenters. The second-order valence-corrected chi connectivity index (χ2v) is 5.67. The van der Waals surface area contributed by atoms with E-state index in [1.165, 1.54) is 12.0 Å². The lowest BCUT2D eigenvalue weighted by atomic mass is 9.91. The Hall–Kier alpha value is -0.870. The molecule has 0 spiro atoms. The number of carbonyl (C=O) groups excluding carboxylic acids is 1. The summed E-state index contributed by atoms with van der Waals surface area (Å²) in [6, 6.07) is 3.98. The third-order valence-corrected chi connectivity index (χ3v) is 4.11. The van der Waals surface area contributed by atoms with E-state index in [1.807, 2.05) is 6.92 Å². The van der Waals surface area contributed by atoms with Gasteiger partial charge < -0.3 is 10.1 Å². The van der Waals surface area contributed by atoms with E-state index in [2.05, 4.69) is 36.7 Å². The van der Waals surface area contributed by atoms with Gasteiger partial charge in [0.2, 0.25) is 0 Å². The van der Waals surface area contributed by atoms with Crippen LogP contribution in [0.4, 0.5) is 0 Å². The van der Waals surface area contributed by atoms with Gasteiger partial charge in [-0.2, -0.15) is 0 Å². The van der Waals surface area contributed by atoms with Crippen LogP contribution in [-0.4, -0.2) is 25.7 Å². The number of rotatable bonds is 6. The van der Waals surface area contributed by atoms with Crippen LogP contribution in [0.25, 0.3) is 0 Å². The first kappa shape index (κ1) is 14.2. The molecule has 0 saturated carbocycles. The highest BCUT2D eigenvalue weighted by Crippen LogP contribution is 2.26. The maximum atomic E-state index is 11.5. The lowest BCUT2D eigenvalue weighted by Crippen LogP contribution is -2.43. The zero-order valence-corrected chi connectivity index (χ0v) is 11.8. The Labute approximate surface area is 107 Å². The van der Waals surface area contributed by atoms with Gasteiger partial charge in [0, 0.05) is 16.8 Å². The highest BCUT2D eigenvalue weighted by molar-refractivity contribution is 7.10. The third-order valence-electron chi connectivity index (χ3n) is 2.87. The van der Waals surface area contributed by atoms with Crippen LogP contribution in [0, 0.1) is 0 Å². The van der Waals surface area contributed by atoms with Crippen LogP contribution >= 0.6 is 11.3 Å². The number of hydrogen-bond donors (Lipinski definition) is 1. The topological polar surface area (TPSA) is 38.3 Å². The van der Waals surface area contributed by atoms with Crippen molar-refractivity contribution in [1.82, 2.24) is 5.32 Å². The van der Waals surface area contributed by atoms with Crippen molar-refractivity contribution in [2.75, 3.05) is 13.7 Å². The molecule has 0 amide bonds. The standard InChI is InChI=1S/C13H21NO2S/c1-5-10(12(15)16-4)14-9-13(2,3)11-7-6-8-17-11/h6-8,10,14H,5,9H2,1-4H3. The second-order valence-electron chi connectivity index (χ2n) is 4.73. The Bertz CT molecular complexity index is 346. The number of nitrogens with one attached hydrogen (secondary N) is 1. The SMILES string of the molecule is CCC(NCC(C)(C)c1cccs1)C(=O)OC. The van der Waals surface area contributed by atoms with Crippen molar-refractivity contribution in [2.24, 2.45) is 0 Å². The van der Waals surface area contributed by atoms with Crippen LogP contribution in [0.5, 0.6) is 0 Å². The largest absolute Gasteiger partial charge is 0.468 e. The van der Waals surface area contributed by atoms with E-state index in [-0.39, 0.29) is 17.4 Å². The highest BCUT2D eigenvalue weighted by atomic mass is 32.1. The Morgan fingerprint density at radius 1 is 1.59 bits per heavy atom. The van der Waals surface area contributed by atoms with Gasteiger partial charge in [0.1, 0.15) is 6.04 Å². The number of esters is 1. The van der Waals surface area contributed by atoms with E-state index in [9.17, 15) is 4.79 Å². The van der Waals surface area contributed by atoms with Crippen molar-refractivity contribution >= 4 is 17.3 Å². The van der Waals surface area contributed by atoms with Crippen LogP contribution < -0.4 is 5.32 Å². The minimum Gasteiger partial charge on any atom is -0.468 e. The quantitative estimate of drug-likeness (QED) is 0.794. The molecular formula is C13H21NO2S. The Morgan fingerprint density at radius 2 is 2.29 bits per heavy atom. The lowest BCUT2D eigenvalue weighted by molar-refractivity contribution is -0.143. The van der Waals surface area contributed by atoms with Gasteiger partial charge in [-0.3, -0.25) is 4.79 Å². The van der Waals surface area contributed by atoms with Gasteiger partial charge >= 0.3 is 5.97 Å². The predicted molar refractivity (Wildman–Crippen MR) is 71.4 cm³/mol. The van der Waals surface area contributed by atoms with Crippen molar-refractivity contribution < 1.29 is 9.53 Å². The second kappa shape index (κ2) is 6.17. The van der Waals surface area contributed by atoms with E-state index in [0.717, 1.165) is 13.0 Å². The molecule has 0 saturated heterocycles. The maximum Gasteiger partial charge on any atom is 0.322 e. The predicted octanol–water partition coefficient (Wildman–Crippen LogP) is 2.57. The maximum absolute atomic E-state index is 11.5.